The molecule has 2 bridgehead atoms. The van der Waals surface area contributed by atoms with Gasteiger partial charge in [0, 0.05) is 0 Å². The number of rotatable bonds is 4. The number of benzene rings is 2. The van der Waals surface area contributed by atoms with E-state index in [1.807, 2.05) is 48.5 Å². The first kappa shape index (κ1) is 15.2. The lowest BCUT2D eigenvalue weighted by molar-refractivity contribution is -0.205. The number of fused-ring (bicyclic) bond motifs is 3. The van der Waals surface area contributed by atoms with E-state index < -0.39 is 11.4 Å². The zero-order valence-corrected chi connectivity index (χ0v) is 13.4. The van der Waals surface area contributed by atoms with E-state index in [1.54, 1.807) is 0 Å². The largest absolute Gasteiger partial charge is 0.481 e. The summed E-state index contributed by atoms with van der Waals surface area (Å²) in [5.74, 6) is 0.847. The van der Waals surface area contributed by atoms with Crippen molar-refractivity contribution < 1.29 is 19.4 Å². The Morgan fingerprint density at radius 2 is 1.67 bits per heavy atom. The Morgan fingerprint density at radius 1 is 0.958 bits per heavy atom. The molecule has 0 unspecified atom stereocenters. The van der Waals surface area contributed by atoms with Crippen LogP contribution in [0.1, 0.15) is 31.2 Å². The first-order valence-corrected chi connectivity index (χ1v) is 8.33. The van der Waals surface area contributed by atoms with Crippen LogP contribution >= 0.6 is 0 Å². The molecule has 4 nitrogen and oxygen atoms in total. The maximum atomic E-state index is 11.5. The number of aliphatic carboxylic acids is 1. The van der Waals surface area contributed by atoms with Crippen molar-refractivity contribution in [3.63, 3.8) is 0 Å². The summed E-state index contributed by atoms with van der Waals surface area (Å²) in [6, 6.07) is 17.6. The normalized spacial score (nSPS) is 28.5. The molecule has 1 aliphatic carbocycles. The lowest BCUT2D eigenvalue weighted by atomic mass is 9.64. The second-order valence-corrected chi connectivity index (χ2v) is 6.81. The maximum Gasteiger partial charge on any atom is 0.311 e. The molecule has 4 heteroatoms. The van der Waals surface area contributed by atoms with E-state index in [-0.39, 0.29) is 5.60 Å². The van der Waals surface area contributed by atoms with Gasteiger partial charge in [-0.1, -0.05) is 30.3 Å². The van der Waals surface area contributed by atoms with E-state index in [0.29, 0.717) is 19.4 Å². The van der Waals surface area contributed by atoms with Crippen LogP contribution in [0, 0.1) is 5.41 Å². The summed E-state index contributed by atoms with van der Waals surface area (Å²) in [5, 5.41) is 9.48. The van der Waals surface area contributed by atoms with Gasteiger partial charge in [0.1, 0.15) is 11.5 Å². The van der Waals surface area contributed by atoms with Crippen LogP contribution in [0.2, 0.25) is 0 Å². The summed E-state index contributed by atoms with van der Waals surface area (Å²) >= 11 is 0. The summed E-state index contributed by atoms with van der Waals surface area (Å²) < 4.78 is 12.0. The highest BCUT2D eigenvalue weighted by Crippen LogP contribution is 2.54. The van der Waals surface area contributed by atoms with Crippen LogP contribution in [-0.2, 0) is 15.1 Å². The summed E-state index contributed by atoms with van der Waals surface area (Å²) in [6.45, 7) is 0.298. The quantitative estimate of drug-likeness (QED) is 0.908. The second-order valence-electron chi connectivity index (χ2n) is 6.81. The van der Waals surface area contributed by atoms with E-state index in [9.17, 15) is 9.90 Å². The molecule has 1 N–H and O–H groups in total. The van der Waals surface area contributed by atoms with Crippen LogP contribution in [0.25, 0.3) is 0 Å². The third-order valence-electron chi connectivity index (χ3n) is 5.43. The molecule has 3 aliphatic rings. The molecule has 124 valence electrons. The number of carboxylic acids is 1. The molecule has 2 heterocycles. The number of carboxylic acid groups (broad SMARTS) is 1. The molecule has 1 saturated carbocycles. The van der Waals surface area contributed by atoms with E-state index in [4.69, 9.17) is 9.47 Å². The molecule has 0 aromatic heterocycles. The minimum absolute atomic E-state index is 0.298. The Labute approximate surface area is 141 Å². The zero-order chi connectivity index (χ0) is 16.6. The van der Waals surface area contributed by atoms with Crippen LogP contribution in [0.15, 0.2) is 54.6 Å². The van der Waals surface area contributed by atoms with Gasteiger partial charge in [0.05, 0.1) is 17.6 Å². The third-order valence-corrected chi connectivity index (χ3v) is 5.43. The number of ether oxygens (including phenoxy) is 2. The Balaban J connectivity index is 1.57. The Morgan fingerprint density at radius 3 is 2.29 bits per heavy atom. The molecule has 5 rings (SSSR count). The molecule has 2 aliphatic heterocycles. The van der Waals surface area contributed by atoms with Crippen molar-refractivity contribution in [1.29, 1.82) is 0 Å². The summed E-state index contributed by atoms with van der Waals surface area (Å²) in [7, 11) is 0. The molecule has 2 aromatic carbocycles. The van der Waals surface area contributed by atoms with E-state index >= 15 is 0 Å². The minimum atomic E-state index is -0.725. The Kier molecular flexibility index (Phi) is 3.57. The zero-order valence-electron chi connectivity index (χ0n) is 13.4. The lowest BCUT2D eigenvalue weighted by Crippen LogP contribution is -2.52. The first-order valence-electron chi connectivity index (χ1n) is 8.33. The number of hydrogen-bond donors (Lipinski definition) is 1. The van der Waals surface area contributed by atoms with Crippen LogP contribution in [-0.4, -0.2) is 17.7 Å². The molecule has 0 radical (unpaired) electrons. The summed E-state index contributed by atoms with van der Waals surface area (Å²) in [4.78, 5) is 11.5. The average Bonchev–Trinajstić information content (AvgIpc) is 2.64. The van der Waals surface area contributed by atoms with Gasteiger partial charge in [-0.25, -0.2) is 0 Å². The highest BCUT2D eigenvalue weighted by molar-refractivity contribution is 5.75. The predicted octanol–water partition coefficient (Wildman–Crippen LogP) is 4.35. The smallest absolute Gasteiger partial charge is 0.311 e. The highest BCUT2D eigenvalue weighted by Gasteiger charge is 2.54. The number of hydrogen-bond acceptors (Lipinski definition) is 3. The van der Waals surface area contributed by atoms with Gasteiger partial charge in [0.25, 0.3) is 0 Å². The van der Waals surface area contributed by atoms with Crippen LogP contribution < -0.4 is 4.74 Å². The van der Waals surface area contributed by atoms with Crippen molar-refractivity contribution in [2.24, 2.45) is 5.41 Å². The molecule has 0 amide bonds. The van der Waals surface area contributed by atoms with Gasteiger partial charge in [-0.2, -0.15) is 0 Å². The van der Waals surface area contributed by atoms with Gasteiger partial charge in [-0.05, 0) is 55.5 Å². The van der Waals surface area contributed by atoms with Gasteiger partial charge >= 0.3 is 5.97 Å². The fraction of sp³-hybridized carbons (Fsp3) is 0.350. The molecular weight excluding hydrogens is 304 g/mol. The fourth-order valence-corrected chi connectivity index (χ4v) is 3.81. The van der Waals surface area contributed by atoms with Gasteiger partial charge in [-0.15, -0.1) is 0 Å². The fourth-order valence-electron chi connectivity index (χ4n) is 3.81. The molecule has 0 spiro atoms. The monoisotopic (exact) mass is 324 g/mol. The Hall–Kier alpha value is -2.33. The van der Waals surface area contributed by atoms with Gasteiger partial charge in [0.2, 0.25) is 0 Å². The molecule has 0 atom stereocenters. The van der Waals surface area contributed by atoms with Gasteiger partial charge in [0.15, 0.2) is 0 Å². The standard InChI is InChI=1S/C20H20O4/c21-18(22)19-9-11-20(12-10-19,23-14-19)15-5-4-8-17(13-15)24-16-6-2-1-3-7-16/h1-8,13H,9-12,14H2,(H,21,22). The van der Waals surface area contributed by atoms with Gasteiger partial charge < -0.3 is 14.6 Å². The van der Waals surface area contributed by atoms with Crippen molar-refractivity contribution in [2.45, 2.75) is 31.3 Å². The van der Waals surface area contributed by atoms with E-state index in [2.05, 4.69) is 6.07 Å². The molecular formula is C20H20O4. The molecule has 3 fully saturated rings. The predicted molar refractivity (Wildman–Crippen MR) is 89.1 cm³/mol. The molecule has 2 aromatic rings. The number of carbonyl (C=O) groups is 1. The lowest BCUT2D eigenvalue weighted by Gasteiger charge is -2.51. The summed E-state index contributed by atoms with van der Waals surface area (Å²) in [5.41, 5.74) is 0.0299. The second kappa shape index (κ2) is 5.64. The van der Waals surface area contributed by atoms with Crippen molar-refractivity contribution in [1.82, 2.24) is 0 Å². The van der Waals surface area contributed by atoms with E-state index in [1.165, 1.54) is 0 Å². The van der Waals surface area contributed by atoms with Crippen molar-refractivity contribution in [3.05, 3.63) is 60.2 Å². The Bertz CT molecular complexity index is 729. The highest BCUT2D eigenvalue weighted by atomic mass is 16.5. The van der Waals surface area contributed by atoms with Crippen LogP contribution in [0.4, 0.5) is 0 Å². The van der Waals surface area contributed by atoms with Crippen LogP contribution in [0.3, 0.4) is 0 Å². The van der Waals surface area contributed by atoms with Crippen molar-refractivity contribution >= 4 is 5.97 Å². The topological polar surface area (TPSA) is 55.8 Å². The van der Waals surface area contributed by atoms with Crippen molar-refractivity contribution in [3.8, 4) is 11.5 Å². The third kappa shape index (κ3) is 2.47. The summed E-state index contributed by atoms with van der Waals surface area (Å²) in [6.07, 6.45) is 2.83. The maximum absolute atomic E-state index is 11.5. The van der Waals surface area contributed by atoms with Crippen LogP contribution in [0.5, 0.6) is 11.5 Å². The SMILES string of the molecule is O=C(O)C12CCC(c3cccc(Oc4ccccc4)c3)(CC1)OC2. The first-order chi connectivity index (χ1) is 11.6. The number of para-hydroxylation sites is 1. The average molecular weight is 324 g/mol. The van der Waals surface area contributed by atoms with Crippen molar-refractivity contribution in [2.75, 3.05) is 6.61 Å². The van der Waals surface area contributed by atoms with E-state index in [0.717, 1.165) is 29.9 Å². The molecule has 24 heavy (non-hydrogen) atoms. The minimum Gasteiger partial charge on any atom is -0.481 e. The molecule has 2 saturated heterocycles. The van der Waals surface area contributed by atoms with Gasteiger partial charge in [-0.3, -0.25) is 4.79 Å².